The van der Waals surface area contributed by atoms with Crippen LogP contribution in [0.5, 0.6) is 0 Å². The van der Waals surface area contributed by atoms with E-state index in [9.17, 15) is 4.79 Å². The summed E-state index contributed by atoms with van der Waals surface area (Å²) in [5.41, 5.74) is -0.952. The van der Waals surface area contributed by atoms with E-state index in [1.165, 1.54) is 0 Å². The third-order valence-electron chi connectivity index (χ3n) is 2.59. The molecule has 0 aliphatic rings. The summed E-state index contributed by atoms with van der Waals surface area (Å²) in [5, 5.41) is 11.6. The first-order valence-electron chi connectivity index (χ1n) is 4.90. The smallest absolute Gasteiger partial charge is 0.247 e. The summed E-state index contributed by atoms with van der Waals surface area (Å²) >= 11 is 0. The minimum atomic E-state index is -0.952. The molecule has 5 nitrogen and oxygen atoms in total. The molecule has 0 aromatic carbocycles. The van der Waals surface area contributed by atoms with E-state index in [1.54, 1.807) is 12.4 Å². The highest BCUT2D eigenvalue weighted by molar-refractivity contribution is 5.95. The molecule has 1 aromatic rings. The van der Waals surface area contributed by atoms with Gasteiger partial charge in [0.2, 0.25) is 11.9 Å². The number of nitriles is 1. The Kier molecular flexibility index (Phi) is 3.45. The molecule has 0 spiro atoms. The topological polar surface area (TPSA) is 81.6 Å². The Hall–Kier alpha value is -1.83. The number of aromatic amines is 1. The number of imidazole rings is 1. The van der Waals surface area contributed by atoms with Gasteiger partial charge in [-0.25, -0.2) is 4.98 Å². The molecular formula is C10H14N4O. The predicted octanol–water partition coefficient (Wildman–Crippen LogP) is 1.68. The van der Waals surface area contributed by atoms with Crippen molar-refractivity contribution in [3.05, 3.63) is 12.4 Å². The number of carbonyl (C=O) groups excluding carboxylic acids is 1. The zero-order chi connectivity index (χ0) is 11.3. The number of carbonyl (C=O) groups is 1. The van der Waals surface area contributed by atoms with Crippen LogP contribution in [0, 0.1) is 16.7 Å². The van der Waals surface area contributed by atoms with Crippen molar-refractivity contribution >= 4 is 11.9 Å². The van der Waals surface area contributed by atoms with Crippen molar-refractivity contribution < 1.29 is 4.79 Å². The van der Waals surface area contributed by atoms with Crippen LogP contribution in [-0.2, 0) is 4.79 Å². The van der Waals surface area contributed by atoms with Crippen molar-refractivity contribution in [2.24, 2.45) is 5.41 Å². The van der Waals surface area contributed by atoms with Crippen LogP contribution < -0.4 is 5.32 Å². The Morgan fingerprint density at radius 2 is 2.33 bits per heavy atom. The monoisotopic (exact) mass is 206 g/mol. The molecule has 1 aromatic heterocycles. The molecule has 1 rings (SSSR count). The van der Waals surface area contributed by atoms with Crippen LogP contribution in [0.15, 0.2) is 12.4 Å². The van der Waals surface area contributed by atoms with Crippen LogP contribution in [-0.4, -0.2) is 15.9 Å². The maximum atomic E-state index is 11.8. The van der Waals surface area contributed by atoms with Crippen molar-refractivity contribution in [3.63, 3.8) is 0 Å². The van der Waals surface area contributed by atoms with E-state index in [0.717, 1.165) is 0 Å². The van der Waals surface area contributed by atoms with E-state index in [-0.39, 0.29) is 5.91 Å². The lowest BCUT2D eigenvalue weighted by molar-refractivity contribution is -0.123. The largest absolute Gasteiger partial charge is 0.331 e. The average molecular weight is 206 g/mol. The van der Waals surface area contributed by atoms with E-state index in [4.69, 9.17) is 5.26 Å². The highest BCUT2D eigenvalue weighted by Gasteiger charge is 2.35. The van der Waals surface area contributed by atoms with E-state index in [1.807, 2.05) is 13.8 Å². The van der Waals surface area contributed by atoms with E-state index in [0.29, 0.717) is 18.8 Å². The molecule has 1 heterocycles. The Morgan fingerprint density at radius 1 is 1.67 bits per heavy atom. The minimum absolute atomic E-state index is 0.301. The standard InChI is InChI=1S/C10H14N4O/c1-3-10(4-2,7-11)8(15)14-9-12-5-6-13-9/h5-6H,3-4H2,1-2H3,(H2,12,13,14,15). The molecule has 0 saturated carbocycles. The summed E-state index contributed by atoms with van der Waals surface area (Å²) < 4.78 is 0. The molecule has 0 aliphatic carbocycles. The van der Waals surface area contributed by atoms with Crippen LogP contribution in [0.4, 0.5) is 5.95 Å². The Morgan fingerprint density at radius 3 is 2.73 bits per heavy atom. The highest BCUT2D eigenvalue weighted by atomic mass is 16.2. The van der Waals surface area contributed by atoms with Gasteiger partial charge in [-0.15, -0.1) is 0 Å². The summed E-state index contributed by atoms with van der Waals surface area (Å²) in [6.07, 6.45) is 4.14. The summed E-state index contributed by atoms with van der Waals surface area (Å²) in [7, 11) is 0. The van der Waals surface area contributed by atoms with Gasteiger partial charge in [-0.2, -0.15) is 5.26 Å². The van der Waals surface area contributed by atoms with Gasteiger partial charge in [0.15, 0.2) is 0 Å². The molecule has 0 saturated heterocycles. The first-order chi connectivity index (χ1) is 7.18. The third kappa shape index (κ3) is 2.15. The van der Waals surface area contributed by atoms with Crippen LogP contribution in [0.2, 0.25) is 0 Å². The molecule has 1 amide bonds. The Balaban J connectivity index is 2.79. The van der Waals surface area contributed by atoms with Gasteiger partial charge in [0.05, 0.1) is 6.07 Å². The van der Waals surface area contributed by atoms with Gasteiger partial charge < -0.3 is 4.98 Å². The molecule has 0 bridgehead atoms. The van der Waals surface area contributed by atoms with Gasteiger partial charge in [-0.1, -0.05) is 13.8 Å². The van der Waals surface area contributed by atoms with Gasteiger partial charge >= 0.3 is 0 Å². The predicted molar refractivity (Wildman–Crippen MR) is 55.8 cm³/mol. The molecule has 5 heteroatoms. The maximum absolute atomic E-state index is 11.8. The Labute approximate surface area is 88.5 Å². The van der Waals surface area contributed by atoms with E-state index in [2.05, 4.69) is 21.4 Å². The van der Waals surface area contributed by atoms with Crippen molar-refractivity contribution in [2.75, 3.05) is 5.32 Å². The number of nitrogens with zero attached hydrogens (tertiary/aromatic N) is 2. The van der Waals surface area contributed by atoms with Crippen LogP contribution in [0.25, 0.3) is 0 Å². The fourth-order valence-corrected chi connectivity index (χ4v) is 1.34. The average Bonchev–Trinajstić information content (AvgIpc) is 2.74. The number of rotatable bonds is 4. The summed E-state index contributed by atoms with van der Waals surface area (Å²) in [4.78, 5) is 18.5. The summed E-state index contributed by atoms with van der Waals surface area (Å²) in [5.74, 6) is 0.0754. The van der Waals surface area contributed by atoms with Crippen LogP contribution >= 0.6 is 0 Å². The zero-order valence-electron chi connectivity index (χ0n) is 8.87. The van der Waals surface area contributed by atoms with Crippen molar-refractivity contribution in [3.8, 4) is 6.07 Å². The normalized spacial score (nSPS) is 10.7. The number of amides is 1. The van der Waals surface area contributed by atoms with Crippen molar-refractivity contribution in [1.82, 2.24) is 9.97 Å². The summed E-state index contributed by atoms with van der Waals surface area (Å²) in [6, 6.07) is 2.07. The number of hydrogen-bond donors (Lipinski definition) is 2. The zero-order valence-corrected chi connectivity index (χ0v) is 8.87. The number of nitrogens with one attached hydrogen (secondary N) is 2. The first-order valence-corrected chi connectivity index (χ1v) is 4.90. The molecule has 0 fully saturated rings. The SMILES string of the molecule is CCC(C#N)(CC)C(=O)Nc1ncc[nH]1. The lowest BCUT2D eigenvalue weighted by Gasteiger charge is -2.21. The van der Waals surface area contributed by atoms with Gasteiger partial charge in [-0.05, 0) is 12.8 Å². The van der Waals surface area contributed by atoms with Crippen molar-refractivity contribution in [2.45, 2.75) is 26.7 Å². The molecule has 2 N–H and O–H groups in total. The lowest BCUT2D eigenvalue weighted by atomic mass is 9.83. The molecule has 0 atom stereocenters. The van der Waals surface area contributed by atoms with Crippen LogP contribution in [0.3, 0.4) is 0 Å². The number of hydrogen-bond acceptors (Lipinski definition) is 3. The fourth-order valence-electron chi connectivity index (χ4n) is 1.34. The van der Waals surface area contributed by atoms with Gasteiger partial charge in [0.25, 0.3) is 0 Å². The van der Waals surface area contributed by atoms with Gasteiger partial charge in [-0.3, -0.25) is 10.1 Å². The molecule has 80 valence electrons. The number of anilines is 1. The quantitative estimate of drug-likeness (QED) is 0.786. The molecular weight excluding hydrogens is 192 g/mol. The highest BCUT2D eigenvalue weighted by Crippen LogP contribution is 2.26. The van der Waals surface area contributed by atoms with E-state index < -0.39 is 5.41 Å². The lowest BCUT2D eigenvalue weighted by Crippen LogP contribution is -2.34. The second-order valence-corrected chi connectivity index (χ2v) is 3.29. The molecule has 0 unspecified atom stereocenters. The van der Waals surface area contributed by atoms with Crippen molar-refractivity contribution in [1.29, 1.82) is 5.26 Å². The fraction of sp³-hybridized carbons (Fsp3) is 0.500. The van der Waals surface area contributed by atoms with E-state index >= 15 is 0 Å². The number of aromatic nitrogens is 2. The van der Waals surface area contributed by atoms with Gasteiger partial charge in [0, 0.05) is 12.4 Å². The first kappa shape index (κ1) is 11.2. The minimum Gasteiger partial charge on any atom is -0.331 e. The molecule has 0 aliphatic heterocycles. The maximum Gasteiger partial charge on any atom is 0.247 e. The molecule has 15 heavy (non-hydrogen) atoms. The third-order valence-corrected chi connectivity index (χ3v) is 2.59. The van der Waals surface area contributed by atoms with Gasteiger partial charge in [0.1, 0.15) is 5.41 Å². The summed E-state index contributed by atoms with van der Waals surface area (Å²) in [6.45, 7) is 3.66. The second-order valence-electron chi connectivity index (χ2n) is 3.29. The Bertz CT molecular complexity index is 359. The number of H-pyrrole nitrogens is 1. The second kappa shape index (κ2) is 4.60. The molecule has 0 radical (unpaired) electrons. The van der Waals surface area contributed by atoms with Crippen LogP contribution in [0.1, 0.15) is 26.7 Å².